The molecule has 4 aliphatic rings. The maximum Gasteiger partial charge on any atom is 0.248 e. The lowest BCUT2D eigenvalue weighted by Gasteiger charge is -2.44. The molecule has 4 nitrogen and oxygen atoms in total. The van der Waals surface area contributed by atoms with Crippen molar-refractivity contribution in [2.24, 2.45) is 0 Å². The Balaban J connectivity index is 1.04. The molecule has 0 N–H and O–H groups in total. The molecule has 0 aromatic heterocycles. The first-order chi connectivity index (χ1) is 57.2. The van der Waals surface area contributed by atoms with Crippen LogP contribution in [0.5, 0.6) is 0 Å². The fraction of sp³-hybridized carbons (Fsp3) is 0.235. The molecule has 5 heteroatoms. The SMILES string of the molecule is Cc1ccc2c(c1)N(c1ccccc1)c1cc(N(c3ccccc3)c3ccccc3)cc3c1B2c1cc2c(-c4c(C(C)(C)C)cc(C(C)(C)C)cc4C(C)(C)C)cc4c5c(cc6c(-c7c(C(C)(C)C)cc(C(C)(C)C)cc7C(C)(C)C)cc-3c1c6c25)C1c2ccc(N(c3ccccc3)c3ccccc3)cc2N(c2ccccc2)c2cc(C)cc-4c21. The first-order valence-corrected chi connectivity index (χ1v) is 43.5. The van der Waals surface area contributed by atoms with Gasteiger partial charge in [0.05, 0.1) is 11.4 Å². The number of aryl methyl sites for hydroxylation is 2. The molecule has 0 radical (unpaired) electrons. The van der Waals surface area contributed by atoms with Crippen molar-refractivity contribution in [3.05, 3.63) is 352 Å². The first kappa shape index (κ1) is 76.5. The van der Waals surface area contributed by atoms with Crippen molar-refractivity contribution >= 4 is 124 Å². The largest absolute Gasteiger partial charge is 0.311 e. The van der Waals surface area contributed by atoms with E-state index in [1.807, 2.05) is 0 Å². The van der Waals surface area contributed by atoms with E-state index in [-0.39, 0.29) is 45.1 Å². The van der Waals surface area contributed by atoms with E-state index in [4.69, 9.17) is 0 Å². The Kier molecular flexibility index (Phi) is 17.3. The summed E-state index contributed by atoms with van der Waals surface area (Å²) in [5.74, 6) is -0.203. The molecule has 16 aromatic carbocycles. The summed E-state index contributed by atoms with van der Waals surface area (Å²) in [6.45, 7) is 48.6. The zero-order valence-electron chi connectivity index (χ0n) is 73.7. The van der Waals surface area contributed by atoms with E-state index in [0.717, 1.165) is 45.5 Å². The topological polar surface area (TPSA) is 13.0 Å². The Bertz CT molecular complexity index is 6650. The van der Waals surface area contributed by atoms with Crippen LogP contribution in [0.3, 0.4) is 0 Å². The molecule has 0 saturated carbocycles. The van der Waals surface area contributed by atoms with E-state index < -0.39 is 0 Å². The smallest absolute Gasteiger partial charge is 0.248 e. The average molecular weight is 1560 g/mol. The van der Waals surface area contributed by atoms with Crippen molar-refractivity contribution in [3.8, 4) is 44.5 Å². The lowest BCUT2D eigenvalue weighted by Crippen LogP contribution is -2.59. The third kappa shape index (κ3) is 12.1. The number of fused-ring (bicyclic) bond motifs is 8. The van der Waals surface area contributed by atoms with Gasteiger partial charge in [-0.15, -0.1) is 0 Å². The number of hydrogen-bond acceptors (Lipinski definition) is 4. The number of nitrogens with zero attached hydrogens (tertiary/aromatic N) is 4. The van der Waals surface area contributed by atoms with Gasteiger partial charge in [0.15, 0.2) is 0 Å². The molecule has 0 saturated heterocycles. The summed E-state index contributed by atoms with van der Waals surface area (Å²) < 4.78 is 0. The predicted molar refractivity (Wildman–Crippen MR) is 518 cm³/mol. The number of rotatable bonds is 10. The fourth-order valence-corrected chi connectivity index (χ4v) is 20.9. The molecular weight excluding hydrogens is 1450 g/mol. The van der Waals surface area contributed by atoms with Gasteiger partial charge < -0.3 is 19.6 Å². The Morgan fingerprint density at radius 3 is 1.13 bits per heavy atom. The molecule has 1 aliphatic carbocycles. The Labute approximate surface area is 712 Å². The summed E-state index contributed by atoms with van der Waals surface area (Å²) in [6.07, 6.45) is 0. The van der Waals surface area contributed by atoms with Crippen LogP contribution in [0.4, 0.5) is 68.2 Å². The van der Waals surface area contributed by atoms with Gasteiger partial charge in [0.2, 0.25) is 6.71 Å². The first-order valence-electron chi connectivity index (χ1n) is 43.5. The third-order valence-electron chi connectivity index (χ3n) is 26.6. The van der Waals surface area contributed by atoms with Gasteiger partial charge in [-0.25, -0.2) is 0 Å². The molecule has 1 atom stereocenters. The van der Waals surface area contributed by atoms with Crippen LogP contribution < -0.4 is 36.0 Å². The van der Waals surface area contributed by atoms with E-state index in [2.05, 4.69) is 449 Å². The minimum absolute atomic E-state index is 0.134. The van der Waals surface area contributed by atoms with E-state index in [1.165, 1.54) is 177 Å². The highest BCUT2D eigenvalue weighted by Crippen LogP contribution is 2.64. The van der Waals surface area contributed by atoms with Crippen LogP contribution in [0.15, 0.2) is 291 Å². The highest BCUT2D eigenvalue weighted by molar-refractivity contribution is 7.01. The van der Waals surface area contributed by atoms with Crippen molar-refractivity contribution < 1.29 is 0 Å². The summed E-state index contributed by atoms with van der Waals surface area (Å²) in [6, 6.07) is 113. The van der Waals surface area contributed by atoms with Crippen LogP contribution in [-0.4, -0.2) is 6.71 Å². The average Bonchev–Trinajstić information content (AvgIpc) is 0.659. The zero-order chi connectivity index (χ0) is 83.5. The fourth-order valence-electron chi connectivity index (χ4n) is 20.9. The molecule has 3 heterocycles. The number of benzene rings is 16. The van der Waals surface area contributed by atoms with Crippen molar-refractivity contribution in [1.29, 1.82) is 0 Å². The van der Waals surface area contributed by atoms with Gasteiger partial charge in [-0.1, -0.05) is 294 Å². The number of hydrogen-bond donors (Lipinski definition) is 0. The van der Waals surface area contributed by atoms with Crippen molar-refractivity contribution in [1.82, 2.24) is 0 Å². The molecular formula is C115H109BN4. The molecule has 0 amide bonds. The van der Waals surface area contributed by atoms with Crippen LogP contribution in [0, 0.1) is 13.8 Å². The van der Waals surface area contributed by atoms with Crippen LogP contribution >= 0.6 is 0 Å². The van der Waals surface area contributed by atoms with Gasteiger partial charge in [-0.05, 0) is 323 Å². The third-order valence-corrected chi connectivity index (χ3v) is 26.6. The zero-order valence-corrected chi connectivity index (χ0v) is 73.7. The van der Waals surface area contributed by atoms with Crippen molar-refractivity contribution in [2.45, 2.75) is 177 Å². The van der Waals surface area contributed by atoms with E-state index in [1.54, 1.807) is 0 Å². The molecule has 0 fully saturated rings. The molecule has 592 valence electrons. The lowest BCUT2D eigenvalue weighted by atomic mass is 9.32. The Morgan fingerprint density at radius 1 is 0.267 bits per heavy atom. The lowest BCUT2D eigenvalue weighted by molar-refractivity contribution is 0.550. The Hall–Kier alpha value is -12.2. The van der Waals surface area contributed by atoms with Gasteiger partial charge in [-0.3, -0.25) is 0 Å². The molecule has 3 aliphatic heterocycles. The predicted octanol–water partition coefficient (Wildman–Crippen LogP) is 30.5. The van der Waals surface area contributed by atoms with Gasteiger partial charge in [0.25, 0.3) is 0 Å². The van der Waals surface area contributed by atoms with Crippen LogP contribution in [0.1, 0.15) is 192 Å². The summed E-state index contributed by atoms with van der Waals surface area (Å²) in [5.41, 5.74) is 41.1. The molecule has 20 rings (SSSR count). The quantitative estimate of drug-likeness (QED) is 0.0999. The molecule has 0 spiro atoms. The molecule has 1 unspecified atom stereocenters. The van der Waals surface area contributed by atoms with E-state index >= 15 is 0 Å². The summed E-state index contributed by atoms with van der Waals surface area (Å²) in [4.78, 5) is 10.2. The minimum Gasteiger partial charge on any atom is -0.311 e. The van der Waals surface area contributed by atoms with Gasteiger partial charge in [-0.2, -0.15) is 0 Å². The Morgan fingerprint density at radius 2 is 0.675 bits per heavy atom. The summed E-state index contributed by atoms with van der Waals surface area (Å²) >= 11 is 0. The number of para-hydroxylation sites is 6. The summed E-state index contributed by atoms with van der Waals surface area (Å²) in [7, 11) is 0. The van der Waals surface area contributed by atoms with Gasteiger partial charge in [0, 0.05) is 62.8 Å². The maximum absolute atomic E-state index is 2.80. The monoisotopic (exact) mass is 1560 g/mol. The second-order valence-electron chi connectivity index (χ2n) is 41.1. The van der Waals surface area contributed by atoms with E-state index in [0.29, 0.717) is 0 Å². The van der Waals surface area contributed by atoms with Crippen molar-refractivity contribution in [2.75, 3.05) is 19.6 Å². The van der Waals surface area contributed by atoms with Gasteiger partial charge >= 0.3 is 0 Å². The highest BCUT2D eigenvalue weighted by Gasteiger charge is 2.47. The van der Waals surface area contributed by atoms with Crippen molar-refractivity contribution in [3.63, 3.8) is 0 Å². The second kappa shape index (κ2) is 27.2. The molecule has 0 bridgehead atoms. The highest BCUT2D eigenvalue weighted by atomic mass is 15.2. The minimum atomic E-state index is -0.308. The maximum atomic E-state index is 2.80. The molecule has 120 heavy (non-hydrogen) atoms. The normalized spacial score (nSPS) is 14.2. The van der Waals surface area contributed by atoms with Crippen LogP contribution in [-0.2, 0) is 32.5 Å². The molecule has 16 aromatic rings. The second-order valence-corrected chi connectivity index (χ2v) is 41.1. The van der Waals surface area contributed by atoms with E-state index in [9.17, 15) is 0 Å². The van der Waals surface area contributed by atoms with Crippen LogP contribution in [0.2, 0.25) is 0 Å². The number of anilines is 12. The van der Waals surface area contributed by atoms with Crippen LogP contribution in [0.25, 0.3) is 76.8 Å². The van der Waals surface area contributed by atoms with Gasteiger partial charge in [0.1, 0.15) is 0 Å². The summed E-state index contributed by atoms with van der Waals surface area (Å²) in [5, 5.41) is 7.95. The standard InChI is InChI=1S/C115H109BN4/c1-69-51-54-95-98(56-69)120(78-49-37-26-38-50-78)100-64-80(118(75-43-31-23-32-44-75)76-45-33-24-34-46-76)62-89-87-66-84(103-91(112(9,10)11)58-71(110(3,4)5)59-92(103)113(12,13)14)86-67-90-101-81-53-52-79(117(73-39-27-21-28-40-73)74-41-29-22-30-42-74)63-97(81)119(77-47-35-25-36-48-77)99-57-70(2)55-82(106(99)101)83-65-85(88-68-96(116(95)109(89)100)105(87)108(86)107(88)102(83)90)104-93(114(15,16)17)60-72(111(6,7)8)61-94(104)115(18,19)20/h21-68,101H,1-20H3.